The zero-order chi connectivity index (χ0) is 11.0. The van der Waals surface area contributed by atoms with Gasteiger partial charge in [0.15, 0.2) is 0 Å². The average Bonchev–Trinajstić information content (AvgIpc) is 2.59. The van der Waals surface area contributed by atoms with Crippen LogP contribution in [0.5, 0.6) is 0 Å². The molecule has 84 valence electrons. The van der Waals surface area contributed by atoms with Crippen molar-refractivity contribution in [1.29, 1.82) is 0 Å². The maximum absolute atomic E-state index is 5.81. The summed E-state index contributed by atoms with van der Waals surface area (Å²) in [7, 11) is 0. The zero-order valence-electron chi connectivity index (χ0n) is 10.7. The Morgan fingerprint density at radius 3 is 2.29 bits per heavy atom. The quantitative estimate of drug-likeness (QED) is 0.669. The van der Waals surface area contributed by atoms with E-state index in [-0.39, 0.29) is 0 Å². The van der Waals surface area contributed by atoms with E-state index < -0.39 is 0 Å². The normalized spacial score (nSPS) is 32.4. The molecule has 14 heavy (non-hydrogen) atoms. The van der Waals surface area contributed by atoms with Crippen LogP contribution < -0.4 is 0 Å². The molecule has 0 aromatic heterocycles. The fourth-order valence-electron chi connectivity index (χ4n) is 2.24. The molecule has 1 heteroatoms. The Balaban J connectivity index is 2.21. The van der Waals surface area contributed by atoms with E-state index in [1.165, 1.54) is 6.42 Å². The van der Waals surface area contributed by atoms with Crippen LogP contribution in [0.15, 0.2) is 0 Å². The molecule has 0 aliphatic heterocycles. The molecule has 1 aliphatic rings. The Morgan fingerprint density at radius 1 is 1.36 bits per heavy atom. The van der Waals surface area contributed by atoms with Crippen molar-refractivity contribution in [3.05, 3.63) is 0 Å². The summed E-state index contributed by atoms with van der Waals surface area (Å²) in [5, 5.41) is 0. The number of rotatable bonds is 4. The molecular weight excluding hydrogens is 172 g/mol. The van der Waals surface area contributed by atoms with Crippen LogP contribution in [0.2, 0.25) is 0 Å². The van der Waals surface area contributed by atoms with Gasteiger partial charge in [0, 0.05) is 0 Å². The van der Waals surface area contributed by atoms with E-state index in [1.807, 2.05) is 0 Å². The highest BCUT2D eigenvalue weighted by Crippen LogP contribution is 2.56. The number of hydrogen-bond acceptors (Lipinski definition) is 1. The van der Waals surface area contributed by atoms with Crippen LogP contribution in [-0.2, 0) is 4.74 Å². The smallest absolute Gasteiger partial charge is 0.0522 e. The van der Waals surface area contributed by atoms with Crippen LogP contribution in [0.25, 0.3) is 0 Å². The molecule has 1 saturated carbocycles. The van der Waals surface area contributed by atoms with Crippen molar-refractivity contribution in [1.82, 2.24) is 0 Å². The minimum atomic E-state index is 0.304. The summed E-state index contributed by atoms with van der Waals surface area (Å²) in [5.74, 6) is 1.71. The van der Waals surface area contributed by atoms with Crippen LogP contribution >= 0.6 is 0 Å². The molecule has 0 N–H and O–H groups in total. The highest BCUT2D eigenvalue weighted by Gasteiger charge is 2.51. The van der Waals surface area contributed by atoms with Crippen LogP contribution in [0.1, 0.15) is 48.0 Å². The zero-order valence-corrected chi connectivity index (χ0v) is 10.7. The first-order valence-electron chi connectivity index (χ1n) is 5.82. The summed E-state index contributed by atoms with van der Waals surface area (Å²) < 4.78 is 5.81. The standard InChI is InChI=1S/C13H26O/c1-10(2)11-7-13(11,6)9-14-8-12(3,4)5/h10-11H,7-9H2,1-6H3. The number of hydrogen-bond donors (Lipinski definition) is 0. The Morgan fingerprint density at radius 2 is 1.93 bits per heavy atom. The summed E-state index contributed by atoms with van der Waals surface area (Å²) in [4.78, 5) is 0. The van der Waals surface area contributed by atoms with Gasteiger partial charge in [0.25, 0.3) is 0 Å². The van der Waals surface area contributed by atoms with Gasteiger partial charge in [0.05, 0.1) is 13.2 Å². The molecule has 0 heterocycles. The van der Waals surface area contributed by atoms with Crippen molar-refractivity contribution in [3.8, 4) is 0 Å². The van der Waals surface area contributed by atoms with Crippen LogP contribution in [0.3, 0.4) is 0 Å². The van der Waals surface area contributed by atoms with E-state index in [1.54, 1.807) is 0 Å². The summed E-state index contributed by atoms with van der Waals surface area (Å²) in [5.41, 5.74) is 0.790. The molecule has 0 aromatic rings. The molecule has 0 bridgehead atoms. The Bertz CT molecular complexity index is 190. The average molecular weight is 198 g/mol. The summed E-state index contributed by atoms with van der Waals surface area (Å²) >= 11 is 0. The molecule has 0 aromatic carbocycles. The van der Waals surface area contributed by atoms with Crippen molar-refractivity contribution in [2.45, 2.75) is 48.0 Å². The second-order valence-electron chi connectivity index (χ2n) is 6.76. The predicted octanol–water partition coefficient (Wildman–Crippen LogP) is 3.73. The molecule has 1 aliphatic carbocycles. The summed E-state index contributed by atoms with van der Waals surface area (Å²) in [6, 6.07) is 0. The van der Waals surface area contributed by atoms with E-state index in [9.17, 15) is 0 Å². The van der Waals surface area contributed by atoms with Crippen molar-refractivity contribution in [2.75, 3.05) is 13.2 Å². The Labute approximate surface area is 89.2 Å². The third-order valence-electron chi connectivity index (χ3n) is 3.19. The van der Waals surface area contributed by atoms with Gasteiger partial charge < -0.3 is 4.74 Å². The van der Waals surface area contributed by atoms with Crippen molar-refractivity contribution >= 4 is 0 Å². The maximum atomic E-state index is 5.81. The summed E-state index contributed by atoms with van der Waals surface area (Å²) in [6.45, 7) is 15.5. The molecule has 2 atom stereocenters. The van der Waals surface area contributed by atoms with E-state index in [0.29, 0.717) is 10.8 Å². The monoisotopic (exact) mass is 198 g/mol. The number of ether oxygens (including phenoxy) is 1. The lowest BCUT2D eigenvalue weighted by atomic mass is 9.98. The van der Waals surface area contributed by atoms with Gasteiger partial charge >= 0.3 is 0 Å². The molecule has 0 saturated heterocycles. The highest BCUT2D eigenvalue weighted by atomic mass is 16.5. The topological polar surface area (TPSA) is 9.23 Å². The van der Waals surface area contributed by atoms with Gasteiger partial charge in [0.1, 0.15) is 0 Å². The van der Waals surface area contributed by atoms with Gasteiger partial charge in [0.2, 0.25) is 0 Å². The van der Waals surface area contributed by atoms with Gasteiger partial charge in [-0.2, -0.15) is 0 Å². The second-order valence-corrected chi connectivity index (χ2v) is 6.76. The molecule has 1 nitrogen and oxygen atoms in total. The van der Waals surface area contributed by atoms with Crippen LogP contribution in [-0.4, -0.2) is 13.2 Å². The fourth-order valence-corrected chi connectivity index (χ4v) is 2.24. The van der Waals surface area contributed by atoms with Gasteiger partial charge in [-0.3, -0.25) is 0 Å². The first-order chi connectivity index (χ1) is 6.25. The molecule has 1 fully saturated rings. The molecule has 0 radical (unpaired) electrons. The van der Waals surface area contributed by atoms with Crippen LogP contribution in [0.4, 0.5) is 0 Å². The third-order valence-corrected chi connectivity index (χ3v) is 3.19. The van der Waals surface area contributed by atoms with E-state index in [4.69, 9.17) is 4.74 Å². The van der Waals surface area contributed by atoms with Gasteiger partial charge in [-0.1, -0.05) is 41.5 Å². The highest BCUT2D eigenvalue weighted by molar-refractivity contribution is 5.00. The molecule has 1 rings (SSSR count). The van der Waals surface area contributed by atoms with Crippen LogP contribution in [0, 0.1) is 22.7 Å². The Kier molecular flexibility index (Phi) is 3.30. The Hall–Kier alpha value is -0.0400. The van der Waals surface area contributed by atoms with Gasteiger partial charge in [-0.15, -0.1) is 0 Å². The van der Waals surface area contributed by atoms with Crippen molar-refractivity contribution < 1.29 is 4.74 Å². The first kappa shape index (κ1) is 12.0. The predicted molar refractivity (Wildman–Crippen MR) is 61.3 cm³/mol. The van der Waals surface area contributed by atoms with E-state index in [2.05, 4.69) is 41.5 Å². The van der Waals surface area contributed by atoms with E-state index >= 15 is 0 Å². The second kappa shape index (κ2) is 3.84. The van der Waals surface area contributed by atoms with E-state index in [0.717, 1.165) is 25.0 Å². The van der Waals surface area contributed by atoms with Gasteiger partial charge in [-0.05, 0) is 29.1 Å². The SMILES string of the molecule is CC(C)C1CC1(C)COCC(C)(C)C. The molecular formula is C13H26O. The van der Waals surface area contributed by atoms with Crippen molar-refractivity contribution in [2.24, 2.45) is 22.7 Å². The summed E-state index contributed by atoms with van der Waals surface area (Å²) in [6.07, 6.45) is 1.36. The maximum Gasteiger partial charge on any atom is 0.0522 e. The lowest BCUT2D eigenvalue weighted by molar-refractivity contribution is 0.0392. The molecule has 2 unspecified atom stereocenters. The third kappa shape index (κ3) is 3.27. The molecule has 0 spiro atoms. The largest absolute Gasteiger partial charge is 0.380 e. The fraction of sp³-hybridized carbons (Fsp3) is 1.00. The lowest BCUT2D eigenvalue weighted by Gasteiger charge is -2.21. The minimum absolute atomic E-state index is 0.304. The first-order valence-corrected chi connectivity index (χ1v) is 5.82. The minimum Gasteiger partial charge on any atom is -0.380 e. The molecule has 0 amide bonds. The lowest BCUT2D eigenvalue weighted by Crippen LogP contribution is -2.19. The van der Waals surface area contributed by atoms with Gasteiger partial charge in [-0.25, -0.2) is 0 Å². The van der Waals surface area contributed by atoms with Crippen molar-refractivity contribution in [3.63, 3.8) is 0 Å².